The van der Waals surface area contributed by atoms with Gasteiger partial charge >= 0.3 is 0 Å². The molecule has 0 bridgehead atoms. The van der Waals surface area contributed by atoms with E-state index >= 15 is 0 Å². The Hall–Kier alpha value is -2.43. The van der Waals surface area contributed by atoms with Gasteiger partial charge in [0.25, 0.3) is 5.91 Å². The first-order valence-electron chi connectivity index (χ1n) is 7.36. The molecule has 3 nitrogen and oxygen atoms in total. The second-order valence-electron chi connectivity index (χ2n) is 5.15. The second kappa shape index (κ2) is 7.43. The van der Waals surface area contributed by atoms with Crippen LogP contribution >= 0.6 is 22.9 Å². The number of amides is 1. The van der Waals surface area contributed by atoms with Crippen molar-refractivity contribution >= 4 is 34.6 Å². The van der Waals surface area contributed by atoms with Gasteiger partial charge in [-0.05, 0) is 36.4 Å². The molecule has 0 fully saturated rings. The van der Waals surface area contributed by atoms with Gasteiger partial charge in [0.15, 0.2) is 0 Å². The summed E-state index contributed by atoms with van der Waals surface area (Å²) in [6.45, 7) is 0.383. The number of ketones is 1. The molecule has 0 atom stereocenters. The number of halogens is 1. The van der Waals surface area contributed by atoms with Gasteiger partial charge in [-0.25, -0.2) is 0 Å². The highest BCUT2D eigenvalue weighted by Gasteiger charge is 2.12. The molecule has 0 spiro atoms. The average Bonchev–Trinajstić information content (AvgIpc) is 3.09. The lowest BCUT2D eigenvalue weighted by atomic mass is 10.1. The van der Waals surface area contributed by atoms with Crippen molar-refractivity contribution in [1.29, 1.82) is 0 Å². The van der Waals surface area contributed by atoms with Crippen molar-refractivity contribution in [1.82, 2.24) is 5.32 Å². The first-order valence-corrected chi connectivity index (χ1v) is 8.55. The molecule has 0 aliphatic rings. The van der Waals surface area contributed by atoms with Gasteiger partial charge in [0.05, 0.1) is 11.4 Å². The number of hydrogen-bond donors (Lipinski definition) is 1. The smallest absolute Gasteiger partial charge is 0.251 e. The molecular weight excluding hydrogens is 342 g/mol. The van der Waals surface area contributed by atoms with Gasteiger partial charge in [-0.15, -0.1) is 11.3 Å². The van der Waals surface area contributed by atoms with Crippen molar-refractivity contribution in [2.75, 3.05) is 0 Å². The van der Waals surface area contributed by atoms with Gasteiger partial charge in [0.2, 0.25) is 5.78 Å². The van der Waals surface area contributed by atoms with Crippen molar-refractivity contribution in [3.8, 4) is 0 Å². The van der Waals surface area contributed by atoms with Gasteiger partial charge in [0.1, 0.15) is 0 Å². The fourth-order valence-electron chi connectivity index (χ4n) is 2.20. The van der Waals surface area contributed by atoms with Crippen molar-refractivity contribution in [2.24, 2.45) is 0 Å². The molecule has 1 N–H and O–H groups in total. The number of benzene rings is 2. The van der Waals surface area contributed by atoms with E-state index in [4.69, 9.17) is 11.6 Å². The Balaban J connectivity index is 1.63. The lowest BCUT2D eigenvalue weighted by molar-refractivity contribution is 0.0950. The average molecular weight is 356 g/mol. The van der Waals surface area contributed by atoms with E-state index in [1.807, 2.05) is 24.3 Å². The molecule has 1 aromatic heterocycles. The minimum Gasteiger partial charge on any atom is -0.347 e. The molecule has 0 unspecified atom stereocenters. The molecule has 1 heterocycles. The zero-order chi connectivity index (χ0) is 16.9. The molecule has 0 saturated heterocycles. The predicted molar refractivity (Wildman–Crippen MR) is 96.8 cm³/mol. The minimum absolute atomic E-state index is 0.00382. The fraction of sp³-hybridized carbons (Fsp3) is 0.0526. The van der Waals surface area contributed by atoms with Crippen LogP contribution in [0.5, 0.6) is 0 Å². The Morgan fingerprint density at radius 3 is 2.29 bits per heavy atom. The van der Waals surface area contributed by atoms with Crippen LogP contribution < -0.4 is 5.32 Å². The molecule has 120 valence electrons. The highest BCUT2D eigenvalue weighted by molar-refractivity contribution is 7.14. The third-order valence-corrected chi connectivity index (χ3v) is 4.79. The monoisotopic (exact) mass is 355 g/mol. The summed E-state index contributed by atoms with van der Waals surface area (Å²) in [5.41, 5.74) is 1.22. The molecule has 2 aromatic carbocycles. The molecule has 0 aliphatic carbocycles. The molecule has 0 saturated carbocycles. The molecule has 3 rings (SSSR count). The van der Waals surface area contributed by atoms with E-state index in [1.165, 1.54) is 11.3 Å². The van der Waals surface area contributed by atoms with Crippen molar-refractivity contribution in [2.45, 2.75) is 6.54 Å². The standard InChI is InChI=1S/C19H14ClNO2S/c20-15-8-6-14(7-9-15)19(23)21-12-16-10-11-17(24-16)18(22)13-4-2-1-3-5-13/h1-11H,12H2,(H,21,23). The predicted octanol–water partition coefficient (Wildman–Crippen LogP) is 4.56. The molecular formula is C19H14ClNO2S. The topological polar surface area (TPSA) is 46.2 Å². The first-order chi connectivity index (χ1) is 11.6. The van der Waals surface area contributed by atoms with Crippen LogP contribution in [-0.2, 0) is 6.54 Å². The van der Waals surface area contributed by atoms with Gasteiger partial charge < -0.3 is 5.32 Å². The number of rotatable bonds is 5. The summed E-state index contributed by atoms with van der Waals surface area (Å²) in [5, 5.41) is 3.44. The third kappa shape index (κ3) is 3.91. The lowest BCUT2D eigenvalue weighted by Crippen LogP contribution is -2.22. The normalized spacial score (nSPS) is 10.4. The number of nitrogens with one attached hydrogen (secondary N) is 1. The summed E-state index contributed by atoms with van der Waals surface area (Å²) in [5.74, 6) is -0.174. The van der Waals surface area contributed by atoms with Crippen molar-refractivity contribution < 1.29 is 9.59 Å². The third-order valence-electron chi connectivity index (χ3n) is 3.45. The van der Waals surface area contributed by atoms with Crippen molar-refractivity contribution in [3.63, 3.8) is 0 Å². The van der Waals surface area contributed by atoms with Crippen molar-refractivity contribution in [3.05, 3.63) is 92.6 Å². The summed E-state index contributed by atoms with van der Waals surface area (Å²) < 4.78 is 0. The molecule has 1 amide bonds. The Morgan fingerprint density at radius 2 is 1.58 bits per heavy atom. The lowest BCUT2D eigenvalue weighted by Gasteiger charge is -2.03. The van der Waals surface area contributed by atoms with Crippen LogP contribution in [0.4, 0.5) is 0 Å². The van der Waals surface area contributed by atoms with E-state index in [1.54, 1.807) is 42.5 Å². The largest absolute Gasteiger partial charge is 0.347 e. The quantitative estimate of drug-likeness (QED) is 0.682. The van der Waals surface area contributed by atoms with E-state index in [9.17, 15) is 9.59 Å². The van der Waals surface area contributed by atoms with Crippen LogP contribution in [-0.4, -0.2) is 11.7 Å². The maximum atomic E-state index is 12.4. The van der Waals surface area contributed by atoms with Gasteiger partial charge in [-0.1, -0.05) is 41.9 Å². The van der Waals surface area contributed by atoms with Gasteiger partial charge in [-0.3, -0.25) is 9.59 Å². The van der Waals surface area contributed by atoms with E-state index in [0.29, 0.717) is 27.6 Å². The molecule has 0 aliphatic heterocycles. The fourth-order valence-corrected chi connectivity index (χ4v) is 3.23. The first kappa shape index (κ1) is 16.4. The minimum atomic E-state index is -0.170. The summed E-state index contributed by atoms with van der Waals surface area (Å²) in [4.78, 5) is 26.0. The van der Waals surface area contributed by atoms with E-state index in [-0.39, 0.29) is 11.7 Å². The zero-order valence-corrected chi connectivity index (χ0v) is 14.2. The number of thiophene rings is 1. The Bertz CT molecular complexity index is 857. The molecule has 24 heavy (non-hydrogen) atoms. The number of carbonyl (C=O) groups excluding carboxylic acids is 2. The summed E-state index contributed by atoms with van der Waals surface area (Å²) in [6.07, 6.45) is 0. The number of carbonyl (C=O) groups is 2. The SMILES string of the molecule is O=C(NCc1ccc(C(=O)c2ccccc2)s1)c1ccc(Cl)cc1. The van der Waals surface area contributed by atoms with Crippen LogP contribution in [0.1, 0.15) is 30.5 Å². The summed E-state index contributed by atoms with van der Waals surface area (Å²) in [7, 11) is 0. The molecule has 3 aromatic rings. The zero-order valence-electron chi connectivity index (χ0n) is 12.7. The van der Waals surface area contributed by atoms with E-state index < -0.39 is 0 Å². The van der Waals surface area contributed by atoms with Crippen LogP contribution in [0.15, 0.2) is 66.7 Å². The van der Waals surface area contributed by atoms with E-state index in [0.717, 1.165) is 4.88 Å². The van der Waals surface area contributed by atoms with Crippen LogP contribution in [0.25, 0.3) is 0 Å². The highest BCUT2D eigenvalue weighted by atomic mass is 35.5. The van der Waals surface area contributed by atoms with Crippen LogP contribution in [0.3, 0.4) is 0 Å². The second-order valence-corrected chi connectivity index (χ2v) is 6.76. The Labute approximate surface area is 148 Å². The van der Waals surface area contributed by atoms with Crippen LogP contribution in [0, 0.1) is 0 Å². The summed E-state index contributed by atoms with van der Waals surface area (Å²) in [6, 6.07) is 19.5. The Kier molecular flexibility index (Phi) is 5.08. The summed E-state index contributed by atoms with van der Waals surface area (Å²) >= 11 is 7.20. The highest BCUT2D eigenvalue weighted by Crippen LogP contribution is 2.20. The van der Waals surface area contributed by atoms with Gasteiger partial charge in [-0.2, -0.15) is 0 Å². The van der Waals surface area contributed by atoms with Gasteiger partial charge in [0, 0.05) is 21.0 Å². The number of hydrogen-bond acceptors (Lipinski definition) is 3. The molecule has 0 radical (unpaired) electrons. The van der Waals surface area contributed by atoms with Crippen LogP contribution in [0.2, 0.25) is 5.02 Å². The van der Waals surface area contributed by atoms with E-state index in [2.05, 4.69) is 5.32 Å². The molecule has 5 heteroatoms. The maximum absolute atomic E-state index is 12.4. The Morgan fingerprint density at radius 1 is 0.875 bits per heavy atom. The maximum Gasteiger partial charge on any atom is 0.251 e.